The van der Waals surface area contributed by atoms with Crippen molar-refractivity contribution in [2.24, 2.45) is 0 Å². The van der Waals surface area contributed by atoms with E-state index in [1.807, 2.05) is 6.07 Å². The van der Waals surface area contributed by atoms with E-state index in [1.165, 1.54) is 11.1 Å². The summed E-state index contributed by atoms with van der Waals surface area (Å²) in [5.41, 5.74) is 4.62. The van der Waals surface area contributed by atoms with Gasteiger partial charge in [-0.25, -0.2) is 0 Å². The maximum atomic E-state index is 4.36. The minimum absolute atomic E-state index is 0.543. The highest BCUT2D eigenvalue weighted by Gasteiger charge is 2.07. The van der Waals surface area contributed by atoms with Crippen LogP contribution >= 0.6 is 0 Å². The summed E-state index contributed by atoms with van der Waals surface area (Å²) in [4.78, 5) is 8.64. The zero-order chi connectivity index (χ0) is 10.1. The number of hydrogen-bond acceptors (Lipinski definition) is 2. The lowest BCUT2D eigenvalue weighted by atomic mass is 9.97. The summed E-state index contributed by atoms with van der Waals surface area (Å²) >= 11 is 0. The zero-order valence-corrected chi connectivity index (χ0v) is 8.78. The Balaban J connectivity index is 2.75. The first kappa shape index (κ1) is 9.13. The molecule has 1 aromatic heterocycles. The van der Waals surface area contributed by atoms with Gasteiger partial charge < -0.3 is 0 Å². The summed E-state index contributed by atoms with van der Waals surface area (Å²) in [5.74, 6) is 0.543. The summed E-state index contributed by atoms with van der Waals surface area (Å²) < 4.78 is 0. The lowest BCUT2D eigenvalue weighted by Gasteiger charge is -2.10. The molecule has 0 amide bonds. The highest BCUT2D eigenvalue weighted by atomic mass is 14.8. The molecule has 0 aliphatic rings. The molecular formula is C12H14N2. The molecule has 0 saturated carbocycles. The minimum atomic E-state index is 0.543. The first-order valence-corrected chi connectivity index (χ1v) is 4.90. The molecule has 0 saturated heterocycles. The highest BCUT2D eigenvalue weighted by molar-refractivity contribution is 5.78. The molecule has 2 rings (SSSR count). The lowest BCUT2D eigenvalue weighted by molar-refractivity contribution is 0.858. The van der Waals surface area contributed by atoms with Gasteiger partial charge in [-0.15, -0.1) is 0 Å². The normalized spacial score (nSPS) is 11.1. The molecule has 1 aromatic carbocycles. The molecular weight excluding hydrogens is 172 g/mol. The third-order valence-corrected chi connectivity index (χ3v) is 2.56. The van der Waals surface area contributed by atoms with Crippen LogP contribution < -0.4 is 0 Å². The van der Waals surface area contributed by atoms with E-state index in [1.54, 1.807) is 12.4 Å². The minimum Gasteiger partial charge on any atom is -0.253 e. The number of benzene rings is 1. The van der Waals surface area contributed by atoms with Gasteiger partial charge in [-0.1, -0.05) is 19.9 Å². The second-order valence-electron chi connectivity index (χ2n) is 3.86. The van der Waals surface area contributed by atoms with Crippen molar-refractivity contribution in [1.82, 2.24) is 9.97 Å². The van der Waals surface area contributed by atoms with Crippen LogP contribution in [0.3, 0.4) is 0 Å². The van der Waals surface area contributed by atoms with E-state index in [4.69, 9.17) is 0 Å². The van der Waals surface area contributed by atoms with E-state index in [0.29, 0.717) is 5.92 Å². The van der Waals surface area contributed by atoms with Gasteiger partial charge in [-0.05, 0) is 30.0 Å². The van der Waals surface area contributed by atoms with Crippen molar-refractivity contribution in [2.75, 3.05) is 0 Å². The standard InChI is InChI=1S/C12H14N2/c1-8(2)10-4-5-11-12(9(10)3)14-7-6-13-11/h4-8H,1-3H3. The average Bonchev–Trinajstić information content (AvgIpc) is 2.18. The first-order chi connectivity index (χ1) is 6.70. The third kappa shape index (κ3) is 1.37. The van der Waals surface area contributed by atoms with E-state index in [9.17, 15) is 0 Å². The molecule has 14 heavy (non-hydrogen) atoms. The van der Waals surface area contributed by atoms with E-state index in [0.717, 1.165) is 11.0 Å². The number of aromatic nitrogens is 2. The summed E-state index contributed by atoms with van der Waals surface area (Å²) in [5, 5.41) is 0. The van der Waals surface area contributed by atoms with Gasteiger partial charge >= 0.3 is 0 Å². The van der Waals surface area contributed by atoms with E-state index >= 15 is 0 Å². The van der Waals surface area contributed by atoms with Crippen LogP contribution in [0.15, 0.2) is 24.5 Å². The van der Waals surface area contributed by atoms with Crippen LogP contribution in [0.5, 0.6) is 0 Å². The van der Waals surface area contributed by atoms with Crippen molar-refractivity contribution in [2.45, 2.75) is 26.7 Å². The highest BCUT2D eigenvalue weighted by Crippen LogP contribution is 2.23. The Labute approximate surface area is 84.0 Å². The topological polar surface area (TPSA) is 25.8 Å². The Hall–Kier alpha value is -1.44. The van der Waals surface area contributed by atoms with Crippen LogP contribution in [0.4, 0.5) is 0 Å². The number of hydrogen-bond donors (Lipinski definition) is 0. The molecule has 0 aliphatic carbocycles. The molecule has 0 atom stereocenters. The van der Waals surface area contributed by atoms with Crippen molar-refractivity contribution in [3.63, 3.8) is 0 Å². The first-order valence-electron chi connectivity index (χ1n) is 4.90. The molecule has 0 radical (unpaired) electrons. The second-order valence-corrected chi connectivity index (χ2v) is 3.86. The van der Waals surface area contributed by atoms with Crippen molar-refractivity contribution >= 4 is 11.0 Å². The monoisotopic (exact) mass is 186 g/mol. The Morgan fingerprint density at radius 2 is 1.79 bits per heavy atom. The van der Waals surface area contributed by atoms with E-state index in [2.05, 4.69) is 36.8 Å². The molecule has 1 heterocycles. The van der Waals surface area contributed by atoms with E-state index in [-0.39, 0.29) is 0 Å². The number of nitrogens with zero attached hydrogens (tertiary/aromatic N) is 2. The smallest absolute Gasteiger partial charge is 0.0918 e. The summed E-state index contributed by atoms with van der Waals surface area (Å²) in [6.07, 6.45) is 3.48. The Kier molecular flexibility index (Phi) is 2.20. The Morgan fingerprint density at radius 1 is 1.07 bits per heavy atom. The van der Waals surface area contributed by atoms with Crippen molar-refractivity contribution in [3.05, 3.63) is 35.7 Å². The second kappa shape index (κ2) is 3.37. The lowest BCUT2D eigenvalue weighted by Crippen LogP contribution is -1.95. The van der Waals surface area contributed by atoms with Crippen LogP contribution in [0, 0.1) is 6.92 Å². The predicted molar refractivity (Wildman–Crippen MR) is 58.4 cm³/mol. The van der Waals surface area contributed by atoms with Crippen LogP contribution in [-0.2, 0) is 0 Å². The van der Waals surface area contributed by atoms with Gasteiger partial charge in [0, 0.05) is 12.4 Å². The van der Waals surface area contributed by atoms with Crippen molar-refractivity contribution in [1.29, 1.82) is 0 Å². The van der Waals surface area contributed by atoms with Gasteiger partial charge in [0.2, 0.25) is 0 Å². The molecule has 0 N–H and O–H groups in total. The summed E-state index contributed by atoms with van der Waals surface area (Å²) in [7, 11) is 0. The van der Waals surface area contributed by atoms with Crippen LogP contribution in [0.2, 0.25) is 0 Å². The van der Waals surface area contributed by atoms with Gasteiger partial charge in [0.1, 0.15) is 0 Å². The quantitative estimate of drug-likeness (QED) is 0.684. The Morgan fingerprint density at radius 3 is 2.50 bits per heavy atom. The molecule has 2 heteroatoms. The van der Waals surface area contributed by atoms with E-state index < -0.39 is 0 Å². The number of rotatable bonds is 1. The zero-order valence-electron chi connectivity index (χ0n) is 8.78. The van der Waals surface area contributed by atoms with Gasteiger partial charge in [-0.2, -0.15) is 0 Å². The van der Waals surface area contributed by atoms with Gasteiger partial charge in [-0.3, -0.25) is 9.97 Å². The molecule has 72 valence electrons. The molecule has 0 bridgehead atoms. The molecule has 2 aromatic rings. The summed E-state index contributed by atoms with van der Waals surface area (Å²) in [6, 6.07) is 4.20. The third-order valence-electron chi connectivity index (χ3n) is 2.56. The van der Waals surface area contributed by atoms with Crippen LogP contribution in [0.1, 0.15) is 30.9 Å². The number of aryl methyl sites for hydroxylation is 1. The van der Waals surface area contributed by atoms with Crippen LogP contribution in [0.25, 0.3) is 11.0 Å². The molecule has 0 fully saturated rings. The fourth-order valence-electron chi connectivity index (χ4n) is 1.82. The molecule has 0 aliphatic heterocycles. The SMILES string of the molecule is Cc1c(C(C)C)ccc2nccnc12. The molecule has 0 spiro atoms. The van der Waals surface area contributed by atoms with Crippen LogP contribution in [-0.4, -0.2) is 9.97 Å². The van der Waals surface area contributed by atoms with Crippen molar-refractivity contribution < 1.29 is 0 Å². The number of fused-ring (bicyclic) bond motifs is 1. The summed E-state index contributed by atoms with van der Waals surface area (Å²) in [6.45, 7) is 6.52. The Bertz CT molecular complexity index is 461. The fraction of sp³-hybridized carbons (Fsp3) is 0.333. The molecule has 2 nitrogen and oxygen atoms in total. The van der Waals surface area contributed by atoms with Gasteiger partial charge in [0.25, 0.3) is 0 Å². The van der Waals surface area contributed by atoms with Gasteiger partial charge in [0.05, 0.1) is 11.0 Å². The maximum Gasteiger partial charge on any atom is 0.0918 e. The fourth-order valence-corrected chi connectivity index (χ4v) is 1.82. The van der Waals surface area contributed by atoms with Crippen molar-refractivity contribution in [3.8, 4) is 0 Å². The van der Waals surface area contributed by atoms with Gasteiger partial charge in [0.15, 0.2) is 0 Å². The predicted octanol–water partition coefficient (Wildman–Crippen LogP) is 3.06. The average molecular weight is 186 g/mol. The molecule has 0 unspecified atom stereocenters. The maximum absolute atomic E-state index is 4.36. The largest absolute Gasteiger partial charge is 0.253 e.